The van der Waals surface area contributed by atoms with Crippen LogP contribution in [0.1, 0.15) is 55.0 Å². The Morgan fingerprint density at radius 3 is 2.44 bits per heavy atom. The van der Waals surface area contributed by atoms with Crippen LogP contribution in [0.3, 0.4) is 0 Å². The second kappa shape index (κ2) is 5.64. The summed E-state index contributed by atoms with van der Waals surface area (Å²) in [7, 11) is 1.73. The minimum atomic E-state index is 0.402. The van der Waals surface area contributed by atoms with Crippen LogP contribution in [-0.4, -0.2) is 7.11 Å². The molecular formula is C16H23BrO. The number of methoxy groups -OCH3 is 1. The van der Waals surface area contributed by atoms with Crippen LogP contribution in [-0.2, 0) is 0 Å². The summed E-state index contributed by atoms with van der Waals surface area (Å²) in [5, 5.41) is 0. The van der Waals surface area contributed by atoms with Crippen molar-refractivity contribution in [3.63, 3.8) is 0 Å². The molecule has 0 amide bonds. The second-order valence-electron chi connectivity index (χ2n) is 5.81. The third-order valence-electron chi connectivity index (χ3n) is 4.32. The third kappa shape index (κ3) is 2.74. The van der Waals surface area contributed by atoms with Crippen LogP contribution in [0.4, 0.5) is 0 Å². The van der Waals surface area contributed by atoms with Crippen LogP contribution >= 0.6 is 15.9 Å². The van der Waals surface area contributed by atoms with Crippen molar-refractivity contribution in [2.75, 3.05) is 7.11 Å². The summed E-state index contributed by atoms with van der Waals surface area (Å²) in [6, 6.07) is 6.55. The number of benzene rings is 1. The summed E-state index contributed by atoms with van der Waals surface area (Å²) in [5.41, 5.74) is 3.01. The Bertz CT molecular complexity index is 408. The standard InChI is InChI=1S/C16H23BrO/c1-12-11-13(7-8-14(12)18-3)15(17)16(2)9-5-4-6-10-16/h7-8,11,15H,4-6,9-10H2,1-3H3. The van der Waals surface area contributed by atoms with E-state index >= 15 is 0 Å². The molecule has 0 spiro atoms. The number of aryl methyl sites for hydroxylation is 1. The van der Waals surface area contributed by atoms with Crippen molar-refractivity contribution in [2.24, 2.45) is 5.41 Å². The van der Waals surface area contributed by atoms with Gasteiger partial charge in [-0.3, -0.25) is 0 Å². The molecule has 0 saturated heterocycles. The summed E-state index contributed by atoms with van der Waals surface area (Å²) in [6.07, 6.45) is 6.79. The van der Waals surface area contributed by atoms with E-state index in [1.54, 1.807) is 7.11 Å². The zero-order valence-electron chi connectivity index (χ0n) is 11.6. The number of hydrogen-bond acceptors (Lipinski definition) is 1. The zero-order chi connectivity index (χ0) is 13.2. The van der Waals surface area contributed by atoms with Crippen LogP contribution in [0, 0.1) is 12.3 Å². The van der Waals surface area contributed by atoms with Crippen LogP contribution in [0.5, 0.6) is 5.75 Å². The molecule has 100 valence electrons. The SMILES string of the molecule is COc1ccc(C(Br)C2(C)CCCCC2)cc1C. The predicted molar refractivity (Wildman–Crippen MR) is 80.6 cm³/mol. The Morgan fingerprint density at radius 2 is 1.89 bits per heavy atom. The van der Waals surface area contributed by atoms with Crippen LogP contribution < -0.4 is 4.74 Å². The first-order valence-corrected chi connectivity index (χ1v) is 7.77. The lowest BCUT2D eigenvalue weighted by atomic mass is 9.72. The Labute approximate surface area is 119 Å². The molecule has 1 fully saturated rings. The average Bonchev–Trinajstić information content (AvgIpc) is 2.38. The lowest BCUT2D eigenvalue weighted by Crippen LogP contribution is -2.25. The molecule has 0 radical (unpaired) electrons. The average molecular weight is 311 g/mol. The Kier molecular flexibility index (Phi) is 4.37. The van der Waals surface area contributed by atoms with E-state index in [1.165, 1.54) is 43.2 Å². The van der Waals surface area contributed by atoms with Gasteiger partial charge in [-0.2, -0.15) is 0 Å². The molecule has 1 atom stereocenters. The van der Waals surface area contributed by atoms with Crippen molar-refractivity contribution in [1.29, 1.82) is 0 Å². The molecule has 2 rings (SSSR count). The lowest BCUT2D eigenvalue weighted by Gasteiger charge is -2.38. The second-order valence-corrected chi connectivity index (χ2v) is 6.72. The summed E-state index contributed by atoms with van der Waals surface area (Å²) >= 11 is 3.94. The molecule has 1 aromatic carbocycles. The topological polar surface area (TPSA) is 9.23 Å². The Morgan fingerprint density at radius 1 is 1.22 bits per heavy atom. The van der Waals surface area contributed by atoms with Gasteiger partial charge in [0.15, 0.2) is 0 Å². The zero-order valence-corrected chi connectivity index (χ0v) is 13.2. The highest BCUT2D eigenvalue weighted by atomic mass is 79.9. The van der Waals surface area contributed by atoms with Gasteiger partial charge in [-0.25, -0.2) is 0 Å². The number of rotatable bonds is 3. The molecule has 1 aliphatic carbocycles. The van der Waals surface area contributed by atoms with Gasteiger partial charge in [0, 0.05) is 4.83 Å². The highest BCUT2D eigenvalue weighted by Crippen LogP contribution is 2.50. The van der Waals surface area contributed by atoms with Gasteiger partial charge < -0.3 is 4.74 Å². The van der Waals surface area contributed by atoms with Crippen LogP contribution in [0.2, 0.25) is 0 Å². The molecular weight excluding hydrogens is 288 g/mol. The molecule has 1 unspecified atom stereocenters. The maximum Gasteiger partial charge on any atom is 0.121 e. The normalized spacial score (nSPS) is 20.4. The Hall–Kier alpha value is -0.500. The molecule has 0 bridgehead atoms. The first-order valence-electron chi connectivity index (χ1n) is 6.85. The van der Waals surface area contributed by atoms with E-state index in [4.69, 9.17) is 4.74 Å². The highest BCUT2D eigenvalue weighted by Gasteiger charge is 2.34. The fraction of sp³-hybridized carbons (Fsp3) is 0.625. The lowest BCUT2D eigenvalue weighted by molar-refractivity contribution is 0.213. The molecule has 1 aliphatic rings. The monoisotopic (exact) mass is 310 g/mol. The fourth-order valence-electron chi connectivity index (χ4n) is 3.07. The predicted octanol–water partition coefficient (Wildman–Crippen LogP) is 5.41. The first kappa shape index (κ1) is 13.9. The third-order valence-corrected chi connectivity index (χ3v) is 5.95. The van der Waals surface area contributed by atoms with E-state index in [0.717, 1.165) is 5.75 Å². The largest absolute Gasteiger partial charge is 0.496 e. The highest BCUT2D eigenvalue weighted by molar-refractivity contribution is 9.09. The van der Waals surface area contributed by atoms with Gasteiger partial charge in [0.1, 0.15) is 5.75 Å². The van der Waals surface area contributed by atoms with Crippen molar-refractivity contribution < 1.29 is 4.74 Å². The smallest absolute Gasteiger partial charge is 0.121 e. The summed E-state index contributed by atoms with van der Waals surface area (Å²) in [5.74, 6) is 0.979. The van der Waals surface area contributed by atoms with Gasteiger partial charge in [-0.1, -0.05) is 54.2 Å². The molecule has 18 heavy (non-hydrogen) atoms. The van der Waals surface area contributed by atoms with E-state index in [-0.39, 0.29) is 0 Å². The van der Waals surface area contributed by atoms with Gasteiger partial charge in [0.25, 0.3) is 0 Å². The molecule has 2 heteroatoms. The molecule has 0 aromatic heterocycles. The summed E-state index contributed by atoms with van der Waals surface area (Å²) in [6.45, 7) is 4.54. The molecule has 1 saturated carbocycles. The van der Waals surface area contributed by atoms with Crippen molar-refractivity contribution in [3.05, 3.63) is 29.3 Å². The molecule has 0 aliphatic heterocycles. The van der Waals surface area contributed by atoms with Crippen LogP contribution in [0.25, 0.3) is 0 Å². The van der Waals surface area contributed by atoms with Gasteiger partial charge in [0.05, 0.1) is 7.11 Å². The van der Waals surface area contributed by atoms with E-state index < -0.39 is 0 Å². The molecule has 0 N–H and O–H groups in total. The fourth-order valence-corrected chi connectivity index (χ4v) is 3.82. The number of alkyl halides is 1. The van der Waals surface area contributed by atoms with Gasteiger partial charge in [0.2, 0.25) is 0 Å². The van der Waals surface area contributed by atoms with E-state index in [9.17, 15) is 0 Å². The van der Waals surface area contributed by atoms with Crippen molar-refractivity contribution in [3.8, 4) is 5.75 Å². The number of halogens is 1. The Balaban J connectivity index is 2.22. The van der Waals surface area contributed by atoms with Gasteiger partial charge >= 0.3 is 0 Å². The van der Waals surface area contributed by atoms with Crippen molar-refractivity contribution in [2.45, 2.75) is 50.8 Å². The van der Waals surface area contributed by atoms with Gasteiger partial charge in [-0.05, 0) is 42.4 Å². The van der Waals surface area contributed by atoms with Crippen molar-refractivity contribution in [1.82, 2.24) is 0 Å². The minimum absolute atomic E-state index is 0.402. The summed E-state index contributed by atoms with van der Waals surface area (Å²) in [4.78, 5) is 0.454. The maximum atomic E-state index is 5.34. The molecule has 1 aromatic rings. The number of ether oxygens (including phenoxy) is 1. The quantitative estimate of drug-likeness (QED) is 0.678. The van der Waals surface area contributed by atoms with E-state index in [2.05, 4.69) is 48.0 Å². The number of hydrogen-bond donors (Lipinski definition) is 0. The van der Waals surface area contributed by atoms with Crippen LogP contribution in [0.15, 0.2) is 18.2 Å². The summed E-state index contributed by atoms with van der Waals surface area (Å²) < 4.78 is 5.34. The van der Waals surface area contributed by atoms with Gasteiger partial charge in [-0.15, -0.1) is 0 Å². The first-order chi connectivity index (χ1) is 8.57. The van der Waals surface area contributed by atoms with E-state index in [0.29, 0.717) is 10.2 Å². The molecule has 1 nitrogen and oxygen atoms in total. The molecule has 0 heterocycles. The van der Waals surface area contributed by atoms with E-state index in [1.807, 2.05) is 0 Å². The maximum absolute atomic E-state index is 5.34. The minimum Gasteiger partial charge on any atom is -0.496 e. The van der Waals surface area contributed by atoms with Crippen molar-refractivity contribution >= 4 is 15.9 Å².